The molecule has 6 heterocycles. The minimum absolute atomic E-state index is 0.00618. The van der Waals surface area contributed by atoms with Crippen molar-refractivity contribution in [1.82, 2.24) is 30.7 Å². The molecule has 2 unspecified atom stereocenters. The zero-order valence-electron chi connectivity index (χ0n) is 58.3. The summed E-state index contributed by atoms with van der Waals surface area (Å²) < 4.78 is 32.2. The lowest BCUT2D eigenvalue weighted by atomic mass is 10.1. The van der Waals surface area contributed by atoms with Gasteiger partial charge in [0.15, 0.2) is 23.0 Å². The number of carbonyl (C=O) groups excluding carboxylic acids is 4. The van der Waals surface area contributed by atoms with Crippen molar-refractivity contribution in [3.8, 4) is 23.0 Å². The standard InChI is InChI=1S/C24H31N3O4.C14H21N3O.C10H12ClNO.C10H10O3.C8H11N.C4H10N2.C2H2Cl2O.CH4/c1-17-4-3-5-18(2)24(17)25-23(29)15-27-10-8-26(9-11-27)14-20(28)12-19-6-7-21-22(13-19)31-16-30-21;1-11-4-3-5-12(2)14(11)16-13(18)10-17-8-6-15-7-9-17;1-7-4-3-5-8(2)10(7)12-9(13)6-11;1-2-9-10(13-6-12-9)4-7(1)3-8-5-11-8;1-6-4-3-5-7(2)8(6)9;1-2-6-4-3-5-1;3-1-2(4)5;/h3-7,13,20,28H,8-12,14-16H2,1-2H3,(H,25,29);3-5,15H,6-10H2,1-2H3,(H,16,18);3-5H,6H2,1-2H3,(H,12,13);1-2,4,8H,3,5-6H2;3-5H,9H2,1-2H3;5-6H,1-4H2;1H2;1H4/i;;;;;;;1T. The second-order valence-corrected chi connectivity index (χ2v) is 24.8. The maximum absolute atomic E-state index is 12.5. The number of epoxide rings is 1. The van der Waals surface area contributed by atoms with Gasteiger partial charge in [-0.1, -0.05) is 92.3 Å². The fourth-order valence-electron chi connectivity index (χ4n) is 10.6. The largest absolute Gasteiger partial charge is 0.454 e. The van der Waals surface area contributed by atoms with E-state index in [2.05, 4.69) is 52.7 Å². The van der Waals surface area contributed by atoms with Crippen LogP contribution in [-0.2, 0) is 36.8 Å². The number of ether oxygens (including phenoxy) is 5. The van der Waals surface area contributed by atoms with Crippen LogP contribution in [0.25, 0.3) is 0 Å². The highest BCUT2D eigenvalue weighted by Gasteiger charge is 2.25. The number of aryl methyl sites for hydroxylation is 8. The van der Waals surface area contributed by atoms with Crippen LogP contribution in [0.2, 0.25) is 0 Å². The molecule has 3 amide bonds. The van der Waals surface area contributed by atoms with E-state index in [0.29, 0.717) is 39.0 Å². The first kappa shape index (κ1) is 78.0. The van der Waals surface area contributed by atoms with E-state index in [1.165, 1.54) is 13.0 Å². The van der Waals surface area contributed by atoms with E-state index in [9.17, 15) is 24.3 Å². The summed E-state index contributed by atoms with van der Waals surface area (Å²) in [6, 6.07) is 35.9. The number of fused-ring (bicyclic) bond motifs is 2. The monoisotopic (exact) mass is 1380 g/mol. The summed E-state index contributed by atoms with van der Waals surface area (Å²) in [6.07, 6.45) is 1.55. The minimum Gasteiger partial charge on any atom is -0.454 e. The number of nitrogen functional groups attached to an aromatic ring is 1. The molecule has 20 nitrogen and oxygen atoms in total. The smallest absolute Gasteiger partial charge is 0.239 e. The molecular weight excluding hydrogens is 1280 g/mol. The Kier molecular flexibility index (Phi) is 34.6. The number of aliphatic hydroxyl groups excluding tert-OH is 1. The number of rotatable bonds is 15. The number of hydrogen-bond acceptors (Lipinski definition) is 17. The second-order valence-electron chi connectivity index (χ2n) is 23.9. The fraction of sp³-hybridized carbons (Fsp3) is 0.452. The van der Waals surface area contributed by atoms with Crippen molar-refractivity contribution >= 4 is 80.5 Å². The molecule has 6 aromatic rings. The quantitative estimate of drug-likeness (QED) is 0.0206. The van der Waals surface area contributed by atoms with Crippen molar-refractivity contribution in [1.29, 1.82) is 0 Å². The molecule has 0 radical (unpaired) electrons. The Morgan fingerprint density at radius 2 is 0.885 bits per heavy atom. The Morgan fingerprint density at radius 3 is 1.27 bits per heavy atom. The molecule has 0 spiro atoms. The van der Waals surface area contributed by atoms with Gasteiger partial charge in [0.05, 0.1) is 37.8 Å². The summed E-state index contributed by atoms with van der Waals surface area (Å²) in [7, 11) is 1.25. The maximum Gasteiger partial charge on any atom is 0.239 e. The average molecular weight is 1390 g/mol. The Balaban J connectivity index is 0.000000221. The SMILES string of the molecule is C1CNCCN1.Cc1cccc(C)c1N.Cc1cccc(C)c1NC(=O)CCl.Cc1cccc(C)c1NC(=O)CN1CCN(CC(O)Cc2ccc3c(c2)OCO3)CC1.Cc1cccc(C)c1NC(=O)CN1CCNCC1.O=C(Cl)CCl.[3H]C.c1cc2c(cc1CC1CO1)OCO2. The number of β-amino-alcohol motifs (C(OH)–C–C–N with tert-alkyl or cyclic N) is 1. The van der Waals surface area contributed by atoms with Gasteiger partial charge in [-0.15, -0.1) is 23.2 Å². The number of benzene rings is 6. The Bertz CT molecular complexity index is 3310. The number of para-hydroxylation sites is 4. The van der Waals surface area contributed by atoms with Crippen molar-refractivity contribution in [3.05, 3.63) is 165 Å². The first-order chi connectivity index (χ1) is 46.7. The number of aliphatic hydroxyl groups is 1. The van der Waals surface area contributed by atoms with Gasteiger partial charge in [-0.05, 0) is 153 Å². The highest BCUT2D eigenvalue weighted by Crippen LogP contribution is 2.34. The van der Waals surface area contributed by atoms with E-state index in [-0.39, 0.29) is 36.3 Å². The summed E-state index contributed by atoms with van der Waals surface area (Å²) in [6.45, 7) is 30.7. The Labute approximate surface area is 584 Å². The number of hydrogen-bond donors (Lipinski definition) is 8. The lowest BCUT2D eigenvalue weighted by Gasteiger charge is -2.35. The van der Waals surface area contributed by atoms with E-state index in [4.69, 9.17) is 65.6 Å². The van der Waals surface area contributed by atoms with Gasteiger partial charge in [0, 0.05) is 116 Å². The molecule has 4 fully saturated rings. The molecule has 4 saturated heterocycles. The number of nitrogens with two attached hydrogens (primary N) is 1. The summed E-state index contributed by atoms with van der Waals surface area (Å²) in [4.78, 5) is 51.6. The predicted molar refractivity (Wildman–Crippen MR) is 389 cm³/mol. The molecule has 96 heavy (non-hydrogen) atoms. The van der Waals surface area contributed by atoms with Gasteiger partial charge >= 0.3 is 0 Å². The molecule has 2 atom stereocenters. The first-order valence-corrected chi connectivity index (χ1v) is 33.7. The van der Waals surface area contributed by atoms with Crippen molar-refractivity contribution in [2.45, 2.75) is 87.8 Å². The molecule has 0 aromatic heterocycles. The van der Waals surface area contributed by atoms with Crippen LogP contribution in [0, 0.1) is 55.4 Å². The molecule has 6 aliphatic rings. The Hall–Kier alpha value is -7.05. The van der Waals surface area contributed by atoms with Crippen LogP contribution in [-0.4, -0.2) is 185 Å². The molecule has 0 bridgehead atoms. The van der Waals surface area contributed by atoms with Gasteiger partial charge in [-0.2, -0.15) is 0 Å². The summed E-state index contributed by atoms with van der Waals surface area (Å²) >= 11 is 14.9. The zero-order valence-corrected chi connectivity index (χ0v) is 59.5. The second kappa shape index (κ2) is 42.6. The maximum atomic E-state index is 12.5. The van der Waals surface area contributed by atoms with Crippen molar-refractivity contribution in [2.75, 3.05) is 152 Å². The molecule has 524 valence electrons. The topological polar surface area (TPSA) is 246 Å². The molecular formula is C73H101Cl3N10O10. The van der Waals surface area contributed by atoms with E-state index in [1.54, 1.807) is 0 Å². The first-order valence-electron chi connectivity index (χ1n) is 33.3. The van der Waals surface area contributed by atoms with E-state index in [0.717, 1.165) is 187 Å². The number of nitrogens with one attached hydrogen (secondary N) is 6. The van der Waals surface area contributed by atoms with Gasteiger partial charge < -0.3 is 66.4 Å². The number of alkyl halides is 2. The van der Waals surface area contributed by atoms with Crippen LogP contribution in [0.15, 0.2) is 109 Å². The van der Waals surface area contributed by atoms with Crippen LogP contribution < -0.4 is 56.6 Å². The Morgan fingerprint density at radius 1 is 0.531 bits per heavy atom. The highest BCUT2D eigenvalue weighted by molar-refractivity contribution is 6.67. The lowest BCUT2D eigenvalue weighted by molar-refractivity contribution is -0.118. The van der Waals surface area contributed by atoms with E-state index in [1.807, 2.05) is 159 Å². The average Bonchev–Trinajstić information content (AvgIpc) is 1.15. The number of amides is 3. The highest BCUT2D eigenvalue weighted by atomic mass is 35.5. The lowest BCUT2D eigenvalue weighted by Crippen LogP contribution is -2.50. The molecule has 12 rings (SSSR count). The van der Waals surface area contributed by atoms with Crippen LogP contribution in [0.1, 0.15) is 64.4 Å². The van der Waals surface area contributed by atoms with E-state index < -0.39 is 11.3 Å². The number of piperazine rings is 3. The van der Waals surface area contributed by atoms with Crippen molar-refractivity contribution in [2.24, 2.45) is 0 Å². The minimum atomic E-state index is -0.508. The normalized spacial score (nSPS) is 16.1. The van der Waals surface area contributed by atoms with Gasteiger partial charge in [0.25, 0.3) is 0 Å². The third-order valence-electron chi connectivity index (χ3n) is 16.1. The van der Waals surface area contributed by atoms with Gasteiger partial charge in [-0.3, -0.25) is 33.9 Å². The molecule has 9 N–H and O–H groups in total. The van der Waals surface area contributed by atoms with E-state index >= 15 is 0 Å². The van der Waals surface area contributed by atoms with Gasteiger partial charge in [-0.25, -0.2) is 0 Å². The van der Waals surface area contributed by atoms with Gasteiger partial charge in [0.1, 0.15) is 5.88 Å². The molecule has 0 aliphatic carbocycles. The fourth-order valence-corrected chi connectivity index (χ4v) is 10.7. The summed E-state index contributed by atoms with van der Waals surface area (Å²) in [5, 5.41) is 28.6. The predicted octanol–water partition coefficient (Wildman–Crippen LogP) is 9.87. The van der Waals surface area contributed by atoms with Crippen LogP contribution in [0.4, 0.5) is 22.7 Å². The third-order valence-corrected chi connectivity index (χ3v) is 16.8. The number of halogens is 3. The third kappa shape index (κ3) is 28.6. The van der Waals surface area contributed by atoms with Crippen LogP contribution in [0.3, 0.4) is 0 Å². The molecule has 23 heteroatoms. The summed E-state index contributed by atoms with van der Waals surface area (Å²) in [5.74, 6) is 3.05. The summed E-state index contributed by atoms with van der Waals surface area (Å²) in [5.41, 5.74) is 20.5. The molecule has 6 aromatic carbocycles. The number of carbonyl (C=O) groups is 4. The molecule has 0 saturated carbocycles. The van der Waals surface area contributed by atoms with Gasteiger partial charge in [0.2, 0.25) is 36.5 Å². The zero-order chi connectivity index (χ0) is 70.7. The van der Waals surface area contributed by atoms with Crippen LogP contribution in [0.5, 0.6) is 23.0 Å². The van der Waals surface area contributed by atoms with Crippen molar-refractivity contribution in [3.63, 3.8) is 0 Å². The molecule has 6 aliphatic heterocycles. The van der Waals surface area contributed by atoms with Crippen LogP contribution >= 0.6 is 34.8 Å². The number of anilines is 4. The number of nitrogens with zero attached hydrogens (tertiary/aromatic N) is 3. The van der Waals surface area contributed by atoms with Crippen molar-refractivity contribution < 1.29 is 49.3 Å².